The highest BCUT2D eigenvalue weighted by Crippen LogP contribution is 2.21. The standard InChI is InChI=1S/C16H23N7O3/c1-11-16(23(25)26)12(2)22(20-11)9-7-15(24)17-10-14-19-18-13-6-4-3-5-8-21(13)14/h3-10H2,1-2H3,(H,17,24). The number of nitrogens with one attached hydrogen (secondary N) is 1. The summed E-state index contributed by atoms with van der Waals surface area (Å²) in [6.45, 7) is 4.76. The fourth-order valence-electron chi connectivity index (χ4n) is 3.32. The molecule has 3 heterocycles. The van der Waals surface area contributed by atoms with Gasteiger partial charge in [-0.3, -0.25) is 19.6 Å². The third-order valence-electron chi connectivity index (χ3n) is 4.71. The zero-order valence-corrected chi connectivity index (χ0v) is 15.1. The molecule has 26 heavy (non-hydrogen) atoms. The van der Waals surface area contributed by atoms with Gasteiger partial charge in [-0.15, -0.1) is 10.2 Å². The van der Waals surface area contributed by atoms with Gasteiger partial charge in [-0.05, 0) is 26.7 Å². The SMILES string of the molecule is Cc1nn(CCC(=O)NCc2nnc3n2CCCCC3)c(C)c1[N+](=O)[O-]. The number of nitro groups is 1. The van der Waals surface area contributed by atoms with Gasteiger partial charge < -0.3 is 9.88 Å². The second-order valence-corrected chi connectivity index (χ2v) is 6.52. The van der Waals surface area contributed by atoms with Crippen LogP contribution in [0.15, 0.2) is 0 Å². The van der Waals surface area contributed by atoms with Crippen molar-refractivity contribution in [2.75, 3.05) is 0 Å². The Labute approximate surface area is 150 Å². The molecule has 2 aromatic rings. The van der Waals surface area contributed by atoms with E-state index in [9.17, 15) is 14.9 Å². The molecule has 0 unspecified atom stereocenters. The number of carbonyl (C=O) groups excluding carboxylic acids is 1. The van der Waals surface area contributed by atoms with Crippen molar-refractivity contribution in [2.45, 2.75) is 65.6 Å². The zero-order valence-electron chi connectivity index (χ0n) is 15.1. The Morgan fingerprint density at radius 1 is 1.27 bits per heavy atom. The molecule has 1 amide bonds. The number of fused-ring (bicyclic) bond motifs is 1. The van der Waals surface area contributed by atoms with Crippen LogP contribution in [0.3, 0.4) is 0 Å². The van der Waals surface area contributed by atoms with Gasteiger partial charge in [0.15, 0.2) is 5.82 Å². The normalized spacial score (nSPS) is 13.9. The summed E-state index contributed by atoms with van der Waals surface area (Å²) >= 11 is 0. The van der Waals surface area contributed by atoms with E-state index in [-0.39, 0.29) is 18.0 Å². The van der Waals surface area contributed by atoms with Crippen LogP contribution in [0, 0.1) is 24.0 Å². The van der Waals surface area contributed by atoms with Crippen LogP contribution in [0.2, 0.25) is 0 Å². The minimum absolute atomic E-state index is 0.0107. The molecule has 0 aromatic carbocycles. The molecule has 0 fully saturated rings. The number of carbonyl (C=O) groups is 1. The molecule has 10 nitrogen and oxygen atoms in total. The summed E-state index contributed by atoms with van der Waals surface area (Å²) < 4.78 is 3.60. The first kappa shape index (κ1) is 18.0. The van der Waals surface area contributed by atoms with Crippen molar-refractivity contribution in [3.8, 4) is 0 Å². The topological polar surface area (TPSA) is 121 Å². The Morgan fingerprint density at radius 2 is 2.08 bits per heavy atom. The summed E-state index contributed by atoms with van der Waals surface area (Å²) in [5.41, 5.74) is 0.832. The minimum Gasteiger partial charge on any atom is -0.349 e. The first-order chi connectivity index (χ1) is 12.5. The molecule has 0 saturated carbocycles. The molecule has 10 heteroatoms. The fourth-order valence-corrected chi connectivity index (χ4v) is 3.32. The number of amides is 1. The van der Waals surface area contributed by atoms with E-state index in [1.54, 1.807) is 13.8 Å². The van der Waals surface area contributed by atoms with Crippen LogP contribution >= 0.6 is 0 Å². The molecule has 3 rings (SSSR count). The highest BCUT2D eigenvalue weighted by atomic mass is 16.6. The van der Waals surface area contributed by atoms with E-state index in [2.05, 4.69) is 25.2 Å². The molecule has 0 atom stereocenters. The third-order valence-corrected chi connectivity index (χ3v) is 4.71. The predicted molar refractivity (Wildman–Crippen MR) is 92.4 cm³/mol. The zero-order chi connectivity index (χ0) is 18.7. The van der Waals surface area contributed by atoms with Gasteiger partial charge in [0, 0.05) is 19.4 Å². The maximum atomic E-state index is 12.1. The molecular formula is C16H23N7O3. The van der Waals surface area contributed by atoms with Crippen LogP contribution in [0.4, 0.5) is 5.69 Å². The van der Waals surface area contributed by atoms with Gasteiger partial charge in [0.2, 0.25) is 5.91 Å². The number of aromatic nitrogens is 5. The average molecular weight is 361 g/mol. The molecule has 0 saturated heterocycles. The molecule has 140 valence electrons. The number of aryl methyl sites for hydroxylation is 3. The summed E-state index contributed by atoms with van der Waals surface area (Å²) in [6, 6.07) is 0. The van der Waals surface area contributed by atoms with Crippen molar-refractivity contribution in [2.24, 2.45) is 0 Å². The van der Waals surface area contributed by atoms with E-state index in [0.717, 1.165) is 37.5 Å². The summed E-state index contributed by atoms with van der Waals surface area (Å²) in [4.78, 5) is 22.7. The van der Waals surface area contributed by atoms with Crippen LogP contribution in [-0.4, -0.2) is 35.4 Å². The van der Waals surface area contributed by atoms with Crippen molar-refractivity contribution in [1.29, 1.82) is 0 Å². The van der Waals surface area contributed by atoms with Crippen molar-refractivity contribution in [3.05, 3.63) is 33.2 Å². The molecule has 1 aliphatic heterocycles. The molecular weight excluding hydrogens is 338 g/mol. The number of hydrogen-bond acceptors (Lipinski definition) is 6. The quantitative estimate of drug-likeness (QED) is 0.614. The lowest BCUT2D eigenvalue weighted by molar-refractivity contribution is -0.386. The lowest BCUT2D eigenvalue weighted by atomic mass is 10.2. The van der Waals surface area contributed by atoms with Crippen molar-refractivity contribution >= 4 is 11.6 Å². The maximum absolute atomic E-state index is 12.1. The number of nitrogens with zero attached hydrogens (tertiary/aromatic N) is 6. The minimum atomic E-state index is -0.439. The van der Waals surface area contributed by atoms with Crippen LogP contribution in [0.1, 0.15) is 48.7 Å². The molecule has 0 aliphatic carbocycles. The molecule has 0 spiro atoms. The van der Waals surface area contributed by atoms with Crippen LogP contribution in [0.5, 0.6) is 0 Å². The Bertz CT molecular complexity index is 824. The monoisotopic (exact) mass is 361 g/mol. The second-order valence-electron chi connectivity index (χ2n) is 6.52. The lowest BCUT2D eigenvalue weighted by Crippen LogP contribution is -2.26. The summed E-state index contributed by atoms with van der Waals surface area (Å²) in [6.07, 6.45) is 4.53. The van der Waals surface area contributed by atoms with Gasteiger partial charge in [0.1, 0.15) is 17.2 Å². The van der Waals surface area contributed by atoms with Crippen molar-refractivity contribution < 1.29 is 9.72 Å². The average Bonchev–Trinajstić information content (AvgIpc) is 3.00. The van der Waals surface area contributed by atoms with E-state index >= 15 is 0 Å². The van der Waals surface area contributed by atoms with Gasteiger partial charge in [0.25, 0.3) is 0 Å². The van der Waals surface area contributed by atoms with Crippen LogP contribution < -0.4 is 5.32 Å². The predicted octanol–water partition coefficient (Wildman–Crippen LogP) is 1.43. The van der Waals surface area contributed by atoms with E-state index in [4.69, 9.17) is 0 Å². The summed E-state index contributed by atoms with van der Waals surface area (Å²) in [5.74, 6) is 1.62. The van der Waals surface area contributed by atoms with E-state index in [0.29, 0.717) is 24.5 Å². The van der Waals surface area contributed by atoms with E-state index in [1.807, 2.05) is 0 Å². The van der Waals surface area contributed by atoms with E-state index < -0.39 is 4.92 Å². The first-order valence-corrected chi connectivity index (χ1v) is 8.83. The highest BCUT2D eigenvalue weighted by molar-refractivity contribution is 5.75. The molecule has 0 radical (unpaired) electrons. The van der Waals surface area contributed by atoms with E-state index in [1.165, 1.54) is 11.1 Å². The molecule has 1 aliphatic rings. The third kappa shape index (κ3) is 3.73. The number of hydrogen-bond donors (Lipinski definition) is 1. The Kier molecular flexibility index (Phi) is 5.29. The Hall–Kier alpha value is -2.78. The maximum Gasteiger partial charge on any atom is 0.312 e. The van der Waals surface area contributed by atoms with Crippen LogP contribution in [0.25, 0.3) is 0 Å². The Morgan fingerprint density at radius 3 is 2.81 bits per heavy atom. The van der Waals surface area contributed by atoms with Crippen LogP contribution in [-0.2, 0) is 30.8 Å². The van der Waals surface area contributed by atoms with Gasteiger partial charge >= 0.3 is 5.69 Å². The summed E-state index contributed by atoms with van der Waals surface area (Å²) in [7, 11) is 0. The lowest BCUT2D eigenvalue weighted by Gasteiger charge is -2.08. The Balaban J connectivity index is 1.55. The second kappa shape index (κ2) is 7.63. The van der Waals surface area contributed by atoms with Gasteiger partial charge in [-0.25, -0.2) is 0 Å². The van der Waals surface area contributed by atoms with Gasteiger partial charge in [-0.1, -0.05) is 6.42 Å². The van der Waals surface area contributed by atoms with Gasteiger partial charge in [0.05, 0.1) is 18.0 Å². The first-order valence-electron chi connectivity index (χ1n) is 8.83. The largest absolute Gasteiger partial charge is 0.349 e. The van der Waals surface area contributed by atoms with Crippen molar-refractivity contribution in [1.82, 2.24) is 29.9 Å². The highest BCUT2D eigenvalue weighted by Gasteiger charge is 2.22. The summed E-state index contributed by atoms with van der Waals surface area (Å²) in [5, 5.41) is 26.4. The molecule has 1 N–H and O–H groups in total. The molecule has 0 bridgehead atoms. The van der Waals surface area contributed by atoms with Crippen molar-refractivity contribution in [3.63, 3.8) is 0 Å². The van der Waals surface area contributed by atoms with Gasteiger partial charge in [-0.2, -0.15) is 5.10 Å². The fraction of sp³-hybridized carbons (Fsp3) is 0.625. The molecule has 2 aromatic heterocycles. The number of rotatable bonds is 6. The smallest absolute Gasteiger partial charge is 0.312 e.